The highest BCUT2D eigenvalue weighted by Crippen LogP contribution is 2.33. The number of nitrogens with one attached hydrogen (secondary N) is 1. The summed E-state index contributed by atoms with van der Waals surface area (Å²) in [5.41, 5.74) is 10.2. The molecule has 0 bridgehead atoms. The Morgan fingerprint density at radius 3 is 2.15 bits per heavy atom. The molecule has 0 unspecified atom stereocenters. The van der Waals surface area contributed by atoms with Crippen LogP contribution in [0.3, 0.4) is 0 Å². The van der Waals surface area contributed by atoms with Gasteiger partial charge in [-0.1, -0.05) is 72.8 Å². The number of hydrogen-bond donors (Lipinski definition) is 1. The van der Waals surface area contributed by atoms with Crippen molar-refractivity contribution in [1.82, 2.24) is 0 Å². The second kappa shape index (κ2) is 7.44. The fourth-order valence-electron chi connectivity index (χ4n) is 3.56. The molecule has 3 heteroatoms. The molecule has 3 aromatic carbocycles. The smallest absolute Gasteiger partial charge is 0.0977 e. The largest absolute Gasteiger partial charge is 0.373 e. The van der Waals surface area contributed by atoms with Crippen LogP contribution in [0.15, 0.2) is 84.0 Å². The van der Waals surface area contributed by atoms with Crippen LogP contribution in [-0.4, -0.2) is 19.3 Å². The van der Waals surface area contributed by atoms with Gasteiger partial charge in [0.15, 0.2) is 0 Å². The molecular weight excluding hydrogens is 318 g/mol. The van der Waals surface area contributed by atoms with Crippen LogP contribution in [0.5, 0.6) is 0 Å². The first-order valence-corrected chi connectivity index (χ1v) is 9.10. The van der Waals surface area contributed by atoms with Crippen LogP contribution in [0.1, 0.15) is 23.1 Å². The van der Waals surface area contributed by atoms with Gasteiger partial charge in [0.1, 0.15) is 0 Å². The molecule has 3 nitrogen and oxygen atoms in total. The van der Waals surface area contributed by atoms with Gasteiger partial charge in [0.25, 0.3) is 0 Å². The molecule has 130 valence electrons. The number of anilines is 2. The molecule has 3 aromatic rings. The fraction of sp³-hybridized carbons (Fsp3) is 0.174. The summed E-state index contributed by atoms with van der Waals surface area (Å²) in [5.74, 6) is 0. The quantitative estimate of drug-likeness (QED) is 0.538. The highest BCUT2D eigenvalue weighted by molar-refractivity contribution is 6.13. The van der Waals surface area contributed by atoms with E-state index < -0.39 is 0 Å². The van der Waals surface area contributed by atoms with Gasteiger partial charge in [-0.05, 0) is 24.5 Å². The summed E-state index contributed by atoms with van der Waals surface area (Å²) in [6.45, 7) is 1.08. The monoisotopic (exact) mass is 341 g/mol. The Hall–Kier alpha value is -3.07. The molecule has 0 saturated carbocycles. The number of nitrogens with zero attached hydrogens (tertiary/aromatic N) is 2. The molecule has 0 atom stereocenters. The van der Waals surface area contributed by atoms with Crippen molar-refractivity contribution in [1.29, 1.82) is 0 Å². The summed E-state index contributed by atoms with van der Waals surface area (Å²) in [6, 6.07) is 27.1. The Morgan fingerprint density at radius 1 is 0.846 bits per heavy atom. The molecule has 0 fully saturated rings. The third-order valence-electron chi connectivity index (χ3n) is 4.82. The van der Waals surface area contributed by atoms with Crippen LogP contribution in [0.25, 0.3) is 0 Å². The predicted octanol–water partition coefficient (Wildman–Crippen LogP) is 4.93. The second-order valence-corrected chi connectivity index (χ2v) is 6.64. The maximum absolute atomic E-state index is 4.82. The number of para-hydroxylation sites is 1. The van der Waals surface area contributed by atoms with Crippen molar-refractivity contribution in [3.05, 3.63) is 95.6 Å². The third kappa shape index (κ3) is 3.33. The third-order valence-corrected chi connectivity index (χ3v) is 4.82. The summed E-state index contributed by atoms with van der Waals surface area (Å²) < 4.78 is 0. The van der Waals surface area contributed by atoms with Gasteiger partial charge in [-0.15, -0.1) is 0 Å². The first kappa shape index (κ1) is 16.4. The number of fused-ring (bicyclic) bond motifs is 1. The van der Waals surface area contributed by atoms with Crippen molar-refractivity contribution in [3.8, 4) is 0 Å². The normalized spacial score (nSPS) is 13.0. The number of hydrogen-bond acceptors (Lipinski definition) is 3. The van der Waals surface area contributed by atoms with Gasteiger partial charge < -0.3 is 4.90 Å². The highest BCUT2D eigenvalue weighted by Gasteiger charge is 2.17. The van der Waals surface area contributed by atoms with Crippen molar-refractivity contribution < 1.29 is 0 Å². The van der Waals surface area contributed by atoms with E-state index in [2.05, 4.69) is 59.8 Å². The lowest BCUT2D eigenvalue weighted by Crippen LogP contribution is -2.25. The molecule has 0 aliphatic carbocycles. The van der Waals surface area contributed by atoms with Crippen LogP contribution in [0.2, 0.25) is 0 Å². The van der Waals surface area contributed by atoms with Gasteiger partial charge in [0.05, 0.1) is 17.1 Å². The van der Waals surface area contributed by atoms with Crippen molar-refractivity contribution in [2.45, 2.75) is 12.8 Å². The summed E-state index contributed by atoms with van der Waals surface area (Å²) >= 11 is 0. The Kier molecular flexibility index (Phi) is 4.69. The molecule has 0 spiro atoms. The molecule has 26 heavy (non-hydrogen) atoms. The molecular formula is C23H23N3. The topological polar surface area (TPSA) is 27.6 Å². The van der Waals surface area contributed by atoms with Crippen LogP contribution in [-0.2, 0) is 6.42 Å². The molecule has 0 aromatic heterocycles. The van der Waals surface area contributed by atoms with Crippen molar-refractivity contribution >= 4 is 17.1 Å². The summed E-state index contributed by atoms with van der Waals surface area (Å²) in [6.07, 6.45) is 2.33. The zero-order chi connectivity index (χ0) is 17.8. The van der Waals surface area contributed by atoms with Crippen LogP contribution < -0.4 is 10.3 Å². The van der Waals surface area contributed by atoms with E-state index in [4.69, 9.17) is 5.10 Å². The van der Waals surface area contributed by atoms with E-state index in [0.29, 0.717) is 0 Å². The van der Waals surface area contributed by atoms with Crippen LogP contribution in [0.4, 0.5) is 11.4 Å². The Bertz CT molecular complexity index is 860. The van der Waals surface area contributed by atoms with Crippen molar-refractivity contribution in [2.24, 2.45) is 5.10 Å². The van der Waals surface area contributed by atoms with E-state index in [9.17, 15) is 0 Å². The minimum absolute atomic E-state index is 0.947. The summed E-state index contributed by atoms with van der Waals surface area (Å²) in [5, 5.41) is 4.82. The highest BCUT2D eigenvalue weighted by atomic mass is 15.3. The second-order valence-electron chi connectivity index (χ2n) is 6.64. The summed E-state index contributed by atoms with van der Waals surface area (Å²) in [7, 11) is 2.15. The van der Waals surface area contributed by atoms with Gasteiger partial charge in [0, 0.05) is 24.7 Å². The maximum atomic E-state index is 4.82. The molecule has 1 heterocycles. The van der Waals surface area contributed by atoms with Gasteiger partial charge in [-0.3, -0.25) is 5.43 Å². The van der Waals surface area contributed by atoms with E-state index in [1.807, 2.05) is 36.4 Å². The Morgan fingerprint density at radius 2 is 1.50 bits per heavy atom. The predicted molar refractivity (Wildman–Crippen MR) is 110 cm³/mol. The fourth-order valence-corrected chi connectivity index (χ4v) is 3.56. The van der Waals surface area contributed by atoms with E-state index in [-0.39, 0.29) is 0 Å². The van der Waals surface area contributed by atoms with E-state index in [1.54, 1.807) is 0 Å². The van der Waals surface area contributed by atoms with Crippen LogP contribution >= 0.6 is 0 Å². The molecule has 1 aliphatic rings. The zero-order valence-electron chi connectivity index (χ0n) is 15.0. The SMILES string of the molecule is CN1CCCc2cccc(NN=C(c3ccccc3)c3ccccc3)c21. The number of rotatable bonds is 4. The first-order chi connectivity index (χ1) is 12.8. The molecule has 1 N–H and O–H groups in total. The van der Waals surface area contributed by atoms with Crippen LogP contribution in [0, 0.1) is 0 Å². The van der Waals surface area contributed by atoms with E-state index in [0.717, 1.165) is 35.5 Å². The maximum Gasteiger partial charge on any atom is 0.0977 e. The van der Waals surface area contributed by atoms with Crippen molar-refractivity contribution in [3.63, 3.8) is 0 Å². The lowest BCUT2D eigenvalue weighted by Gasteiger charge is -2.29. The average molecular weight is 341 g/mol. The molecule has 0 saturated heterocycles. The number of benzene rings is 3. The summed E-state index contributed by atoms with van der Waals surface area (Å²) in [4.78, 5) is 2.32. The molecule has 1 aliphatic heterocycles. The average Bonchev–Trinajstić information content (AvgIpc) is 2.70. The lowest BCUT2D eigenvalue weighted by atomic mass is 10.0. The Balaban J connectivity index is 1.73. The standard InChI is InChI=1S/C23H23N3/c1-26-17-9-15-20-14-8-16-21(23(20)26)24-25-22(18-10-4-2-5-11-18)19-12-6-3-7-13-19/h2-8,10-14,16,24H,9,15,17H2,1H3. The molecule has 4 rings (SSSR count). The molecule has 0 radical (unpaired) electrons. The number of hydrazone groups is 1. The van der Waals surface area contributed by atoms with E-state index >= 15 is 0 Å². The van der Waals surface area contributed by atoms with Gasteiger partial charge >= 0.3 is 0 Å². The van der Waals surface area contributed by atoms with Gasteiger partial charge in [0.2, 0.25) is 0 Å². The lowest BCUT2D eigenvalue weighted by molar-refractivity contribution is 0.745. The number of aryl methyl sites for hydroxylation is 1. The first-order valence-electron chi connectivity index (χ1n) is 9.10. The zero-order valence-corrected chi connectivity index (χ0v) is 15.0. The minimum atomic E-state index is 0.947. The minimum Gasteiger partial charge on any atom is -0.373 e. The van der Waals surface area contributed by atoms with E-state index in [1.165, 1.54) is 17.7 Å². The molecule has 0 amide bonds. The Labute approximate surface area is 155 Å². The van der Waals surface area contributed by atoms with Gasteiger partial charge in [-0.2, -0.15) is 5.10 Å². The van der Waals surface area contributed by atoms with Crippen molar-refractivity contribution in [2.75, 3.05) is 23.9 Å². The van der Waals surface area contributed by atoms with Gasteiger partial charge in [-0.25, -0.2) is 0 Å².